The number of ether oxygens (including phenoxy) is 1. The number of thiophene rings is 1. The quantitative estimate of drug-likeness (QED) is 0.541. The van der Waals surface area contributed by atoms with Crippen LogP contribution in [0.1, 0.15) is 40.5 Å². The highest BCUT2D eigenvalue weighted by Crippen LogP contribution is 2.34. The Hall–Kier alpha value is -2.42. The van der Waals surface area contributed by atoms with Gasteiger partial charge in [-0.05, 0) is 19.1 Å². The lowest BCUT2D eigenvalue weighted by molar-refractivity contribution is -0.590. The minimum Gasteiger partial charge on any atom is -0.381 e. The SMILES string of the molecule is Cc1nnc2n1-c1sc(CC[N+](=O)C3CCOCC3)cc1C(c1ccccc1Cl)=NC2. The minimum atomic E-state index is 0.0541. The summed E-state index contributed by atoms with van der Waals surface area (Å²) >= 11 is 8.19. The summed E-state index contributed by atoms with van der Waals surface area (Å²) in [5.74, 6) is 1.63. The van der Waals surface area contributed by atoms with Gasteiger partial charge in [0.25, 0.3) is 0 Å². The molecule has 0 N–H and O–H groups in total. The van der Waals surface area contributed by atoms with E-state index in [4.69, 9.17) is 21.3 Å². The van der Waals surface area contributed by atoms with Gasteiger partial charge in [-0.2, -0.15) is 0 Å². The average Bonchev–Trinajstić information content (AvgIpc) is 3.33. The number of fused-ring (bicyclic) bond motifs is 3. The lowest BCUT2D eigenvalue weighted by Gasteiger charge is -2.15. The van der Waals surface area contributed by atoms with Crippen molar-refractivity contribution in [3.8, 4) is 5.00 Å². The van der Waals surface area contributed by atoms with E-state index >= 15 is 0 Å². The number of aromatic nitrogens is 3. The van der Waals surface area contributed by atoms with E-state index in [1.807, 2.05) is 31.2 Å². The molecule has 2 aromatic heterocycles. The smallest absolute Gasteiger partial charge is 0.205 e. The van der Waals surface area contributed by atoms with E-state index in [0.29, 0.717) is 37.7 Å². The Morgan fingerprint density at radius 2 is 2.03 bits per heavy atom. The maximum Gasteiger partial charge on any atom is 0.205 e. The molecule has 31 heavy (non-hydrogen) atoms. The van der Waals surface area contributed by atoms with Crippen LogP contribution in [0.3, 0.4) is 0 Å². The first-order valence-corrected chi connectivity index (χ1v) is 11.7. The third kappa shape index (κ3) is 3.95. The molecular formula is C22H23ClN5O2S+. The lowest BCUT2D eigenvalue weighted by Crippen LogP contribution is -2.32. The Kier molecular flexibility index (Phi) is 5.69. The fourth-order valence-corrected chi connectivity index (χ4v) is 5.60. The first-order chi connectivity index (χ1) is 15.1. The summed E-state index contributed by atoms with van der Waals surface area (Å²) in [7, 11) is 0. The van der Waals surface area contributed by atoms with E-state index in [0.717, 1.165) is 51.2 Å². The molecule has 0 amide bonds. The Bertz CT molecular complexity index is 1160. The summed E-state index contributed by atoms with van der Waals surface area (Å²) in [6, 6.07) is 9.96. The molecule has 3 aromatic rings. The Morgan fingerprint density at radius 3 is 2.84 bits per heavy atom. The molecule has 5 rings (SSSR count). The molecule has 4 heterocycles. The zero-order valence-corrected chi connectivity index (χ0v) is 18.8. The fourth-order valence-electron chi connectivity index (χ4n) is 4.16. The largest absolute Gasteiger partial charge is 0.381 e. The van der Waals surface area contributed by atoms with E-state index < -0.39 is 0 Å². The number of aliphatic imine (C=N–C) groups is 1. The van der Waals surface area contributed by atoms with Crippen LogP contribution >= 0.6 is 22.9 Å². The average molecular weight is 457 g/mol. The number of rotatable bonds is 5. The first kappa shape index (κ1) is 20.5. The second-order valence-electron chi connectivity index (χ2n) is 7.81. The predicted octanol–water partition coefficient (Wildman–Crippen LogP) is 4.14. The van der Waals surface area contributed by atoms with Crippen LogP contribution in [0.4, 0.5) is 0 Å². The fraction of sp³-hybridized carbons (Fsp3) is 0.409. The van der Waals surface area contributed by atoms with Crippen molar-refractivity contribution in [2.75, 3.05) is 19.8 Å². The van der Waals surface area contributed by atoms with E-state index in [1.165, 1.54) is 4.76 Å². The minimum absolute atomic E-state index is 0.0541. The predicted molar refractivity (Wildman–Crippen MR) is 121 cm³/mol. The maximum atomic E-state index is 12.6. The molecule has 1 fully saturated rings. The molecule has 0 bridgehead atoms. The van der Waals surface area contributed by atoms with Crippen LogP contribution in [0.15, 0.2) is 35.3 Å². The Labute approximate surface area is 189 Å². The standard InChI is InChI=1S/C22H23ClN5O2S/c1-14-25-26-20-13-24-21(17-4-2-3-5-19(17)23)18-12-16(31-22(18)28(14)20)6-9-27(29)15-7-10-30-11-8-15/h2-5,12,15H,6-11,13H2,1H3/q+1. The van der Waals surface area contributed by atoms with Gasteiger partial charge in [-0.1, -0.05) is 29.8 Å². The van der Waals surface area contributed by atoms with Gasteiger partial charge in [-0.3, -0.25) is 9.56 Å². The van der Waals surface area contributed by atoms with Gasteiger partial charge in [0.1, 0.15) is 17.4 Å². The topological polar surface area (TPSA) is 72.4 Å². The summed E-state index contributed by atoms with van der Waals surface area (Å²) in [6.45, 7) is 4.20. The van der Waals surface area contributed by atoms with Crippen molar-refractivity contribution in [1.82, 2.24) is 14.8 Å². The highest BCUT2D eigenvalue weighted by atomic mass is 35.5. The third-order valence-corrected chi connectivity index (χ3v) is 7.31. The molecule has 1 aromatic carbocycles. The molecular weight excluding hydrogens is 434 g/mol. The van der Waals surface area contributed by atoms with Gasteiger partial charge in [0.05, 0.1) is 18.9 Å². The molecule has 0 atom stereocenters. The molecule has 9 heteroatoms. The zero-order chi connectivity index (χ0) is 21.4. The molecule has 0 saturated carbocycles. The second kappa shape index (κ2) is 8.61. The number of aryl methyl sites for hydroxylation is 1. The van der Waals surface area contributed by atoms with E-state index in [-0.39, 0.29) is 6.04 Å². The van der Waals surface area contributed by atoms with E-state index in [1.54, 1.807) is 11.3 Å². The summed E-state index contributed by atoms with van der Waals surface area (Å²) in [5.41, 5.74) is 2.77. The molecule has 2 aliphatic rings. The van der Waals surface area contributed by atoms with Crippen LogP contribution in [0.25, 0.3) is 5.00 Å². The zero-order valence-electron chi connectivity index (χ0n) is 17.3. The highest BCUT2D eigenvalue weighted by Gasteiger charge is 2.29. The number of benzene rings is 1. The van der Waals surface area contributed by atoms with Gasteiger partial charge in [-0.15, -0.1) is 21.5 Å². The molecule has 1 saturated heterocycles. The van der Waals surface area contributed by atoms with Crippen LogP contribution in [0.5, 0.6) is 0 Å². The number of halogens is 1. The van der Waals surface area contributed by atoms with Crippen molar-refractivity contribution in [3.63, 3.8) is 0 Å². The summed E-state index contributed by atoms with van der Waals surface area (Å²) in [4.78, 5) is 18.6. The van der Waals surface area contributed by atoms with Crippen molar-refractivity contribution in [2.24, 2.45) is 4.99 Å². The van der Waals surface area contributed by atoms with Crippen molar-refractivity contribution >= 4 is 28.6 Å². The van der Waals surface area contributed by atoms with Gasteiger partial charge in [0.2, 0.25) is 6.04 Å². The summed E-state index contributed by atoms with van der Waals surface area (Å²) in [6.07, 6.45) is 2.29. The summed E-state index contributed by atoms with van der Waals surface area (Å²) < 4.78 is 8.68. The number of nitrogens with zero attached hydrogens (tertiary/aromatic N) is 5. The molecule has 7 nitrogen and oxygen atoms in total. The molecule has 0 aliphatic carbocycles. The van der Waals surface area contributed by atoms with Crippen molar-refractivity contribution in [1.29, 1.82) is 0 Å². The van der Waals surface area contributed by atoms with Gasteiger partial charge in [0, 0.05) is 50.0 Å². The molecule has 0 radical (unpaired) electrons. The maximum absolute atomic E-state index is 12.6. The van der Waals surface area contributed by atoms with Crippen LogP contribution in [0, 0.1) is 11.8 Å². The lowest BCUT2D eigenvalue weighted by atomic mass is 10.0. The Balaban J connectivity index is 1.49. The molecule has 2 aliphatic heterocycles. The monoisotopic (exact) mass is 456 g/mol. The van der Waals surface area contributed by atoms with E-state index in [2.05, 4.69) is 20.8 Å². The number of nitroso groups, excluding NO2 is 1. The van der Waals surface area contributed by atoms with Crippen molar-refractivity contribution in [3.05, 3.63) is 67.9 Å². The van der Waals surface area contributed by atoms with Crippen LogP contribution in [-0.4, -0.2) is 51.0 Å². The second-order valence-corrected chi connectivity index (χ2v) is 9.33. The molecule has 160 valence electrons. The van der Waals surface area contributed by atoms with Crippen molar-refractivity contribution in [2.45, 2.75) is 38.8 Å². The Morgan fingerprint density at radius 1 is 1.23 bits per heavy atom. The van der Waals surface area contributed by atoms with Gasteiger partial charge >= 0.3 is 0 Å². The van der Waals surface area contributed by atoms with Crippen molar-refractivity contribution < 1.29 is 9.50 Å². The number of hydrogen-bond acceptors (Lipinski definition) is 6. The van der Waals surface area contributed by atoms with Crippen LogP contribution < -0.4 is 0 Å². The van der Waals surface area contributed by atoms with Crippen LogP contribution in [0.2, 0.25) is 5.02 Å². The molecule has 0 unspecified atom stereocenters. The first-order valence-electron chi connectivity index (χ1n) is 10.5. The third-order valence-electron chi connectivity index (χ3n) is 5.80. The normalized spacial score (nSPS) is 16.4. The van der Waals surface area contributed by atoms with Gasteiger partial charge in [-0.25, -0.2) is 0 Å². The van der Waals surface area contributed by atoms with E-state index in [9.17, 15) is 4.91 Å². The van der Waals surface area contributed by atoms with Gasteiger partial charge in [0.15, 0.2) is 12.4 Å². The van der Waals surface area contributed by atoms with Gasteiger partial charge < -0.3 is 4.74 Å². The number of hydrogen-bond donors (Lipinski definition) is 0. The molecule has 0 spiro atoms. The highest BCUT2D eigenvalue weighted by molar-refractivity contribution is 7.15. The van der Waals surface area contributed by atoms with Crippen LogP contribution in [-0.2, 0) is 17.7 Å². The summed E-state index contributed by atoms with van der Waals surface area (Å²) in [5, 5.41) is 10.3.